The first kappa shape index (κ1) is 32.2. The molecule has 2 heterocycles. The van der Waals surface area contributed by atoms with Gasteiger partial charge in [0.1, 0.15) is 0 Å². The molecule has 244 valence electrons. The van der Waals surface area contributed by atoms with Gasteiger partial charge in [-0.2, -0.15) is 0 Å². The maximum absolute atomic E-state index is 6.56. The van der Waals surface area contributed by atoms with Crippen LogP contribution in [-0.4, -0.2) is 22.9 Å². The minimum Gasteiger partial charge on any atom is -0.399 e. The van der Waals surface area contributed by atoms with Gasteiger partial charge in [0.2, 0.25) is 0 Å². The van der Waals surface area contributed by atoms with Gasteiger partial charge < -0.3 is 13.9 Å². The van der Waals surface area contributed by atoms with E-state index in [0.717, 1.165) is 24.8 Å². The maximum atomic E-state index is 6.56. The standard InChI is InChI=1S/C43H52BNO2/c1-27(2)24-43(25-28(3)4)37-22-31(30-16-20-40-36(21-30)35-13-11-12-14-39(35)45(40)26-29(5)6)15-18-33(37)34-19-17-32(23-38(34)43)44-46-41(7,8)42(9,10)47-44/h11-23,27-29H,24-26H2,1-10H3. The van der Waals surface area contributed by atoms with Crippen LogP contribution >= 0.6 is 0 Å². The number of nitrogens with zero attached hydrogens (tertiary/aromatic N) is 1. The molecule has 0 bridgehead atoms. The van der Waals surface area contributed by atoms with Gasteiger partial charge in [-0.3, -0.25) is 0 Å². The highest BCUT2D eigenvalue weighted by Crippen LogP contribution is 2.55. The first-order valence-corrected chi connectivity index (χ1v) is 17.9. The van der Waals surface area contributed by atoms with E-state index in [1.807, 2.05) is 0 Å². The SMILES string of the molecule is CC(C)Cn1c2ccccc2c2cc(-c3ccc4c(c3)C(CC(C)C)(CC(C)C)c3cc(B5OC(C)(C)C(C)(C)O5)ccc3-4)ccc21. The van der Waals surface area contributed by atoms with E-state index in [1.54, 1.807) is 0 Å². The number of rotatable bonds is 8. The molecule has 0 atom stereocenters. The lowest BCUT2D eigenvalue weighted by Crippen LogP contribution is -2.41. The van der Waals surface area contributed by atoms with E-state index in [-0.39, 0.29) is 23.7 Å². The van der Waals surface area contributed by atoms with E-state index in [1.165, 1.54) is 55.2 Å². The quantitative estimate of drug-likeness (QED) is 0.160. The number of para-hydroxylation sites is 1. The van der Waals surface area contributed by atoms with Crippen molar-refractivity contribution in [2.45, 2.75) is 105 Å². The molecular formula is C43H52BNO2. The van der Waals surface area contributed by atoms with Crippen LogP contribution in [0.3, 0.4) is 0 Å². The molecule has 0 saturated carbocycles. The van der Waals surface area contributed by atoms with E-state index in [4.69, 9.17) is 9.31 Å². The number of hydrogen-bond donors (Lipinski definition) is 0. The first-order chi connectivity index (χ1) is 22.2. The Bertz CT molecular complexity index is 1950. The van der Waals surface area contributed by atoms with Crippen LogP contribution < -0.4 is 5.46 Å². The number of hydrogen-bond acceptors (Lipinski definition) is 2. The molecule has 0 unspecified atom stereocenters. The van der Waals surface area contributed by atoms with Gasteiger partial charge in [-0.1, -0.05) is 96.1 Å². The molecule has 0 amide bonds. The summed E-state index contributed by atoms with van der Waals surface area (Å²) in [6.45, 7) is 23.7. The molecule has 4 heteroatoms. The Morgan fingerprint density at radius 2 is 1.15 bits per heavy atom. The van der Waals surface area contributed by atoms with Crippen molar-refractivity contribution >= 4 is 34.4 Å². The minimum absolute atomic E-state index is 0.0833. The average Bonchev–Trinajstić information content (AvgIpc) is 3.53. The van der Waals surface area contributed by atoms with E-state index in [0.29, 0.717) is 17.8 Å². The van der Waals surface area contributed by atoms with Gasteiger partial charge in [0.25, 0.3) is 0 Å². The molecule has 1 aromatic heterocycles. The average molecular weight is 626 g/mol. The highest BCUT2D eigenvalue weighted by atomic mass is 16.7. The van der Waals surface area contributed by atoms with Crippen molar-refractivity contribution in [2.24, 2.45) is 17.8 Å². The van der Waals surface area contributed by atoms with Gasteiger partial charge in [-0.05, 0) is 121 Å². The molecule has 47 heavy (non-hydrogen) atoms. The lowest BCUT2D eigenvalue weighted by molar-refractivity contribution is 0.00578. The first-order valence-electron chi connectivity index (χ1n) is 17.9. The van der Waals surface area contributed by atoms with Crippen LogP contribution in [0.2, 0.25) is 0 Å². The van der Waals surface area contributed by atoms with Crippen molar-refractivity contribution in [1.82, 2.24) is 4.57 Å². The third kappa shape index (κ3) is 5.27. The molecule has 4 aromatic carbocycles. The second kappa shape index (κ2) is 11.4. The fourth-order valence-electron chi connectivity index (χ4n) is 8.53. The monoisotopic (exact) mass is 625 g/mol. The van der Waals surface area contributed by atoms with Gasteiger partial charge in [0, 0.05) is 33.8 Å². The Morgan fingerprint density at radius 1 is 0.596 bits per heavy atom. The molecule has 1 aliphatic heterocycles. The largest absolute Gasteiger partial charge is 0.494 e. The molecule has 3 nitrogen and oxygen atoms in total. The summed E-state index contributed by atoms with van der Waals surface area (Å²) in [4.78, 5) is 0. The summed E-state index contributed by atoms with van der Waals surface area (Å²) in [5.41, 5.74) is 11.2. The molecule has 2 aliphatic rings. The highest BCUT2D eigenvalue weighted by molar-refractivity contribution is 6.62. The molecular weight excluding hydrogens is 573 g/mol. The summed E-state index contributed by atoms with van der Waals surface area (Å²) in [6, 6.07) is 30.3. The van der Waals surface area contributed by atoms with Crippen molar-refractivity contribution in [2.75, 3.05) is 0 Å². The van der Waals surface area contributed by atoms with Crippen LogP contribution in [-0.2, 0) is 21.3 Å². The Kier molecular flexibility index (Phi) is 7.80. The lowest BCUT2D eigenvalue weighted by atomic mass is 9.66. The van der Waals surface area contributed by atoms with Gasteiger partial charge >= 0.3 is 7.12 Å². The van der Waals surface area contributed by atoms with Crippen LogP contribution in [0, 0.1) is 17.8 Å². The van der Waals surface area contributed by atoms with E-state index in [9.17, 15) is 0 Å². The molecule has 0 N–H and O–H groups in total. The Hall–Kier alpha value is -3.34. The van der Waals surface area contributed by atoms with Crippen molar-refractivity contribution in [1.29, 1.82) is 0 Å². The summed E-state index contributed by atoms with van der Waals surface area (Å²) in [5, 5.41) is 2.67. The molecule has 0 radical (unpaired) electrons. The second-order valence-corrected chi connectivity index (χ2v) is 16.7. The Labute approximate surface area is 282 Å². The van der Waals surface area contributed by atoms with Crippen molar-refractivity contribution in [3.8, 4) is 22.3 Å². The van der Waals surface area contributed by atoms with E-state index >= 15 is 0 Å². The molecule has 0 spiro atoms. The van der Waals surface area contributed by atoms with Gasteiger partial charge in [-0.15, -0.1) is 0 Å². The highest BCUT2D eigenvalue weighted by Gasteiger charge is 2.52. The fourth-order valence-corrected chi connectivity index (χ4v) is 8.53. The van der Waals surface area contributed by atoms with Gasteiger partial charge in [0.15, 0.2) is 0 Å². The molecule has 1 saturated heterocycles. The molecule has 7 rings (SSSR count). The van der Waals surface area contributed by atoms with Crippen molar-refractivity contribution in [3.05, 3.63) is 90.0 Å². The van der Waals surface area contributed by atoms with Crippen molar-refractivity contribution in [3.63, 3.8) is 0 Å². The summed E-state index contributed by atoms with van der Waals surface area (Å²) in [5.74, 6) is 1.66. The van der Waals surface area contributed by atoms with E-state index in [2.05, 4.69) is 153 Å². The van der Waals surface area contributed by atoms with Gasteiger partial charge in [-0.25, -0.2) is 0 Å². The summed E-state index contributed by atoms with van der Waals surface area (Å²) in [7, 11) is -0.370. The molecule has 5 aromatic rings. The number of fused-ring (bicyclic) bond motifs is 6. The summed E-state index contributed by atoms with van der Waals surface area (Å²) < 4.78 is 15.6. The Morgan fingerprint density at radius 3 is 1.79 bits per heavy atom. The minimum atomic E-state index is -0.371. The fraction of sp³-hybridized carbons (Fsp3) is 0.442. The molecule has 1 aliphatic carbocycles. The number of benzene rings is 4. The predicted octanol–water partition coefficient (Wildman–Crippen LogP) is 10.8. The topological polar surface area (TPSA) is 23.4 Å². The smallest absolute Gasteiger partial charge is 0.399 e. The summed E-state index contributed by atoms with van der Waals surface area (Å²) >= 11 is 0. The number of aromatic nitrogens is 1. The maximum Gasteiger partial charge on any atom is 0.494 e. The third-order valence-corrected chi connectivity index (χ3v) is 11.1. The van der Waals surface area contributed by atoms with Crippen LogP contribution in [0.5, 0.6) is 0 Å². The van der Waals surface area contributed by atoms with Gasteiger partial charge in [0.05, 0.1) is 11.2 Å². The Balaban J connectivity index is 1.38. The van der Waals surface area contributed by atoms with Crippen LogP contribution in [0.25, 0.3) is 44.1 Å². The van der Waals surface area contributed by atoms with Crippen LogP contribution in [0.4, 0.5) is 0 Å². The normalized spacial score (nSPS) is 17.9. The van der Waals surface area contributed by atoms with E-state index < -0.39 is 0 Å². The zero-order chi connectivity index (χ0) is 33.5. The zero-order valence-corrected chi connectivity index (χ0v) is 30.2. The van der Waals surface area contributed by atoms with Crippen molar-refractivity contribution < 1.29 is 9.31 Å². The predicted molar refractivity (Wildman–Crippen MR) is 201 cm³/mol. The summed E-state index contributed by atoms with van der Waals surface area (Å²) in [6.07, 6.45) is 2.20. The molecule has 1 fully saturated rings. The lowest BCUT2D eigenvalue weighted by Gasteiger charge is -2.36. The second-order valence-electron chi connectivity index (χ2n) is 16.7. The third-order valence-electron chi connectivity index (χ3n) is 11.1. The van der Waals surface area contributed by atoms with Crippen LogP contribution in [0.1, 0.15) is 93.2 Å². The van der Waals surface area contributed by atoms with Crippen LogP contribution in [0.15, 0.2) is 78.9 Å². The zero-order valence-electron chi connectivity index (χ0n) is 30.2.